The van der Waals surface area contributed by atoms with Crippen LogP contribution >= 0.6 is 0 Å². The third-order valence-electron chi connectivity index (χ3n) is 2.85. The van der Waals surface area contributed by atoms with Gasteiger partial charge in [0.2, 0.25) is 0 Å². The standard InChI is InChI=1S/C13H17NO4/c1-9(15)13(2,12(17)18-3)14-11(16)10-7-5-4-6-8-10/h4-9,15H,1-3H3,(H,14,16)/t9-,13+/m1/s1. The third kappa shape index (κ3) is 2.87. The van der Waals surface area contributed by atoms with Crippen molar-refractivity contribution in [3.8, 4) is 0 Å². The Balaban J connectivity index is 2.92. The number of hydrogen-bond acceptors (Lipinski definition) is 4. The van der Waals surface area contributed by atoms with Crippen LogP contribution in [0.15, 0.2) is 30.3 Å². The number of carbonyl (C=O) groups excluding carboxylic acids is 2. The van der Waals surface area contributed by atoms with Gasteiger partial charge in [-0.3, -0.25) is 4.79 Å². The van der Waals surface area contributed by atoms with Crippen LogP contribution in [-0.2, 0) is 9.53 Å². The van der Waals surface area contributed by atoms with Gasteiger partial charge in [0.25, 0.3) is 5.91 Å². The second-order valence-corrected chi connectivity index (χ2v) is 4.19. The largest absolute Gasteiger partial charge is 0.467 e. The van der Waals surface area contributed by atoms with Crippen LogP contribution in [0.4, 0.5) is 0 Å². The molecule has 0 aliphatic heterocycles. The summed E-state index contributed by atoms with van der Waals surface area (Å²) >= 11 is 0. The predicted octanol–water partition coefficient (Wildman–Crippen LogP) is 0.729. The molecule has 1 amide bonds. The first-order chi connectivity index (χ1) is 8.41. The molecule has 0 aliphatic carbocycles. The van der Waals surface area contributed by atoms with E-state index in [1.165, 1.54) is 21.0 Å². The van der Waals surface area contributed by atoms with Gasteiger partial charge >= 0.3 is 5.97 Å². The topological polar surface area (TPSA) is 75.6 Å². The molecule has 2 N–H and O–H groups in total. The number of aliphatic hydroxyl groups is 1. The van der Waals surface area contributed by atoms with Gasteiger partial charge in [0.15, 0.2) is 5.54 Å². The van der Waals surface area contributed by atoms with Gasteiger partial charge in [0.1, 0.15) is 0 Å². The lowest BCUT2D eigenvalue weighted by atomic mass is 9.95. The van der Waals surface area contributed by atoms with Gasteiger partial charge < -0.3 is 15.2 Å². The van der Waals surface area contributed by atoms with Gasteiger partial charge in [0.05, 0.1) is 13.2 Å². The van der Waals surface area contributed by atoms with E-state index in [1.807, 2.05) is 0 Å². The van der Waals surface area contributed by atoms with Crippen molar-refractivity contribution in [2.24, 2.45) is 0 Å². The number of esters is 1. The molecule has 1 aromatic carbocycles. The Morgan fingerprint density at radius 3 is 2.33 bits per heavy atom. The van der Waals surface area contributed by atoms with E-state index in [0.29, 0.717) is 5.56 Å². The molecule has 0 fully saturated rings. The normalized spacial score (nSPS) is 15.3. The molecule has 2 atom stereocenters. The molecule has 0 bridgehead atoms. The maximum Gasteiger partial charge on any atom is 0.334 e. The highest BCUT2D eigenvalue weighted by atomic mass is 16.5. The van der Waals surface area contributed by atoms with E-state index in [-0.39, 0.29) is 0 Å². The Morgan fingerprint density at radius 1 is 1.33 bits per heavy atom. The average molecular weight is 251 g/mol. The van der Waals surface area contributed by atoms with Crippen molar-refractivity contribution in [3.63, 3.8) is 0 Å². The van der Waals surface area contributed by atoms with Crippen LogP contribution in [0.2, 0.25) is 0 Å². The first kappa shape index (κ1) is 14.2. The minimum Gasteiger partial charge on any atom is -0.467 e. The Labute approximate surface area is 106 Å². The van der Waals surface area contributed by atoms with E-state index < -0.39 is 23.5 Å². The van der Waals surface area contributed by atoms with Crippen molar-refractivity contribution in [2.45, 2.75) is 25.5 Å². The quantitative estimate of drug-likeness (QED) is 0.773. The summed E-state index contributed by atoms with van der Waals surface area (Å²) in [5.74, 6) is -1.13. The van der Waals surface area contributed by atoms with Gasteiger partial charge in [-0.15, -0.1) is 0 Å². The molecule has 1 rings (SSSR count). The molecule has 0 heterocycles. The summed E-state index contributed by atoms with van der Waals surface area (Å²) in [6, 6.07) is 8.45. The summed E-state index contributed by atoms with van der Waals surface area (Å²) in [5, 5.41) is 12.1. The number of amides is 1. The fourth-order valence-corrected chi connectivity index (χ4v) is 1.44. The number of aliphatic hydroxyl groups excluding tert-OH is 1. The van der Waals surface area contributed by atoms with Crippen molar-refractivity contribution in [2.75, 3.05) is 7.11 Å². The highest BCUT2D eigenvalue weighted by molar-refractivity contribution is 5.98. The summed E-state index contributed by atoms with van der Waals surface area (Å²) < 4.78 is 4.60. The molecule has 0 radical (unpaired) electrons. The van der Waals surface area contributed by atoms with E-state index >= 15 is 0 Å². The number of carbonyl (C=O) groups is 2. The van der Waals surface area contributed by atoms with Crippen LogP contribution in [0.1, 0.15) is 24.2 Å². The van der Waals surface area contributed by atoms with Crippen LogP contribution in [0.3, 0.4) is 0 Å². The van der Waals surface area contributed by atoms with Gasteiger partial charge in [-0.2, -0.15) is 0 Å². The fourth-order valence-electron chi connectivity index (χ4n) is 1.44. The number of ether oxygens (including phenoxy) is 1. The number of hydrogen-bond donors (Lipinski definition) is 2. The van der Waals surface area contributed by atoms with Crippen LogP contribution in [0.25, 0.3) is 0 Å². The average Bonchev–Trinajstić information content (AvgIpc) is 2.38. The zero-order valence-corrected chi connectivity index (χ0v) is 10.6. The van der Waals surface area contributed by atoms with Crippen molar-refractivity contribution < 1.29 is 19.4 Å². The molecule has 0 unspecified atom stereocenters. The molecule has 1 aromatic rings. The summed E-state index contributed by atoms with van der Waals surface area (Å²) in [6.45, 7) is 2.84. The fraction of sp³-hybridized carbons (Fsp3) is 0.385. The van der Waals surface area contributed by atoms with Gasteiger partial charge in [-0.25, -0.2) is 4.79 Å². The molecular weight excluding hydrogens is 234 g/mol. The van der Waals surface area contributed by atoms with Gasteiger partial charge in [-0.1, -0.05) is 18.2 Å². The summed E-state index contributed by atoms with van der Waals surface area (Å²) in [5.41, 5.74) is -1.06. The van der Waals surface area contributed by atoms with E-state index in [2.05, 4.69) is 10.1 Å². The van der Waals surface area contributed by atoms with Crippen LogP contribution in [0.5, 0.6) is 0 Å². The van der Waals surface area contributed by atoms with E-state index in [9.17, 15) is 14.7 Å². The third-order valence-corrected chi connectivity index (χ3v) is 2.85. The predicted molar refractivity (Wildman–Crippen MR) is 66.0 cm³/mol. The zero-order valence-electron chi connectivity index (χ0n) is 10.6. The Bertz CT molecular complexity index is 430. The monoisotopic (exact) mass is 251 g/mol. The number of rotatable bonds is 4. The van der Waals surface area contributed by atoms with E-state index in [0.717, 1.165) is 0 Å². The summed E-state index contributed by atoms with van der Waals surface area (Å²) in [6.07, 6.45) is -1.07. The second kappa shape index (κ2) is 5.64. The maximum absolute atomic E-state index is 12.0. The number of nitrogens with one attached hydrogen (secondary N) is 1. The van der Waals surface area contributed by atoms with E-state index in [1.54, 1.807) is 30.3 Å². The van der Waals surface area contributed by atoms with Gasteiger partial charge in [-0.05, 0) is 26.0 Å². The lowest BCUT2D eigenvalue weighted by Gasteiger charge is -2.30. The summed E-state index contributed by atoms with van der Waals surface area (Å²) in [4.78, 5) is 23.6. The minimum atomic E-state index is -1.47. The zero-order chi connectivity index (χ0) is 13.8. The Morgan fingerprint density at radius 2 is 1.89 bits per heavy atom. The first-order valence-corrected chi connectivity index (χ1v) is 5.56. The van der Waals surface area contributed by atoms with E-state index in [4.69, 9.17) is 0 Å². The number of methoxy groups -OCH3 is 1. The van der Waals surface area contributed by atoms with Crippen molar-refractivity contribution >= 4 is 11.9 Å². The molecule has 0 aromatic heterocycles. The molecule has 18 heavy (non-hydrogen) atoms. The molecule has 0 spiro atoms. The minimum absolute atomic E-state index is 0.410. The molecule has 98 valence electrons. The van der Waals surface area contributed by atoms with Crippen molar-refractivity contribution in [3.05, 3.63) is 35.9 Å². The van der Waals surface area contributed by atoms with Crippen molar-refractivity contribution in [1.29, 1.82) is 0 Å². The van der Waals surface area contributed by atoms with Crippen LogP contribution < -0.4 is 5.32 Å². The lowest BCUT2D eigenvalue weighted by Crippen LogP contribution is -2.59. The van der Waals surface area contributed by atoms with Crippen molar-refractivity contribution in [1.82, 2.24) is 5.32 Å². The molecule has 0 saturated carbocycles. The highest BCUT2D eigenvalue weighted by Gasteiger charge is 2.41. The molecule has 5 nitrogen and oxygen atoms in total. The molecular formula is C13H17NO4. The summed E-state index contributed by atoms with van der Waals surface area (Å²) in [7, 11) is 1.21. The number of benzene rings is 1. The maximum atomic E-state index is 12.0. The SMILES string of the molecule is COC(=O)[C@@](C)(NC(=O)c1ccccc1)[C@@H](C)O. The first-order valence-electron chi connectivity index (χ1n) is 5.56. The Hall–Kier alpha value is -1.88. The van der Waals surface area contributed by atoms with Crippen LogP contribution in [0, 0.1) is 0 Å². The second-order valence-electron chi connectivity index (χ2n) is 4.19. The highest BCUT2D eigenvalue weighted by Crippen LogP contribution is 2.13. The smallest absolute Gasteiger partial charge is 0.334 e. The molecule has 0 saturated heterocycles. The van der Waals surface area contributed by atoms with Crippen LogP contribution in [-0.4, -0.2) is 35.7 Å². The Kier molecular flexibility index (Phi) is 4.44. The van der Waals surface area contributed by atoms with Gasteiger partial charge in [0, 0.05) is 5.56 Å². The molecule has 0 aliphatic rings. The lowest BCUT2D eigenvalue weighted by molar-refractivity contribution is -0.151. The molecule has 5 heteroatoms.